The number of nitrogens with one attached hydrogen (secondary N) is 1. The summed E-state index contributed by atoms with van der Waals surface area (Å²) in [4.78, 5) is 0. The third-order valence-electron chi connectivity index (χ3n) is 3.93. The van der Waals surface area contributed by atoms with E-state index in [9.17, 15) is 0 Å². The molecule has 2 aliphatic heterocycles. The van der Waals surface area contributed by atoms with Crippen LogP contribution in [-0.4, -0.2) is 31.2 Å². The summed E-state index contributed by atoms with van der Waals surface area (Å²) in [6, 6.07) is 8.90. The molecular weight excluding hydrogens is 242 g/mol. The van der Waals surface area contributed by atoms with Crippen molar-refractivity contribution in [2.45, 2.75) is 24.9 Å². The first kappa shape index (κ1) is 12.5. The Bertz CT molecular complexity index is 347. The molecule has 2 saturated heterocycles. The van der Waals surface area contributed by atoms with Gasteiger partial charge < -0.3 is 10.1 Å². The lowest BCUT2D eigenvalue weighted by atomic mass is 9.87. The fraction of sp³-hybridized carbons (Fsp3) is 0.600. The largest absolute Gasteiger partial charge is 0.371 e. The molecule has 98 valence electrons. The van der Waals surface area contributed by atoms with E-state index >= 15 is 0 Å². The summed E-state index contributed by atoms with van der Waals surface area (Å²) in [5, 5.41) is 3.43. The molecule has 0 aromatic heterocycles. The van der Waals surface area contributed by atoms with Crippen LogP contribution in [0.5, 0.6) is 0 Å². The minimum Gasteiger partial charge on any atom is -0.371 e. The normalized spacial score (nSPS) is 26.1. The molecule has 0 spiro atoms. The van der Waals surface area contributed by atoms with Crippen LogP contribution in [0, 0.1) is 0 Å². The van der Waals surface area contributed by atoms with Gasteiger partial charge in [-0.1, -0.05) is 24.3 Å². The highest BCUT2D eigenvalue weighted by molar-refractivity contribution is 7.99. The molecule has 1 aromatic carbocycles. The number of morpholine rings is 1. The molecule has 0 radical (unpaired) electrons. The van der Waals surface area contributed by atoms with E-state index in [0.29, 0.717) is 0 Å². The second kappa shape index (κ2) is 6.09. The lowest BCUT2D eigenvalue weighted by molar-refractivity contribution is 0.0269. The van der Waals surface area contributed by atoms with Crippen LogP contribution in [0.15, 0.2) is 24.3 Å². The molecule has 2 fully saturated rings. The summed E-state index contributed by atoms with van der Waals surface area (Å²) < 4.78 is 5.93. The van der Waals surface area contributed by atoms with Gasteiger partial charge >= 0.3 is 0 Å². The van der Waals surface area contributed by atoms with E-state index in [4.69, 9.17) is 4.74 Å². The molecule has 3 rings (SSSR count). The first-order chi connectivity index (χ1) is 8.95. The average molecular weight is 263 g/mol. The third-order valence-corrected chi connectivity index (χ3v) is 4.98. The smallest absolute Gasteiger partial charge is 0.0952 e. The van der Waals surface area contributed by atoms with Gasteiger partial charge in [-0.15, -0.1) is 0 Å². The van der Waals surface area contributed by atoms with E-state index in [2.05, 4.69) is 41.3 Å². The number of benzene rings is 1. The fourth-order valence-electron chi connectivity index (χ4n) is 2.95. The maximum Gasteiger partial charge on any atom is 0.0952 e. The van der Waals surface area contributed by atoms with Crippen molar-refractivity contribution in [2.24, 2.45) is 0 Å². The molecular formula is C15H21NOS. The van der Waals surface area contributed by atoms with Crippen molar-refractivity contribution >= 4 is 11.8 Å². The Balaban J connectivity index is 1.83. The monoisotopic (exact) mass is 263 g/mol. The van der Waals surface area contributed by atoms with E-state index in [1.807, 2.05) is 0 Å². The third kappa shape index (κ3) is 2.73. The lowest BCUT2D eigenvalue weighted by Crippen LogP contribution is -2.34. The van der Waals surface area contributed by atoms with E-state index in [1.54, 1.807) is 0 Å². The van der Waals surface area contributed by atoms with Crippen molar-refractivity contribution in [3.05, 3.63) is 35.4 Å². The Labute approximate surface area is 113 Å². The Morgan fingerprint density at radius 1 is 1.11 bits per heavy atom. The molecule has 0 aliphatic carbocycles. The van der Waals surface area contributed by atoms with Crippen LogP contribution in [0.4, 0.5) is 0 Å². The zero-order valence-electron chi connectivity index (χ0n) is 10.7. The van der Waals surface area contributed by atoms with E-state index in [1.165, 1.54) is 35.5 Å². The first-order valence-corrected chi connectivity index (χ1v) is 8.09. The second-order valence-corrected chi connectivity index (χ2v) is 6.30. The topological polar surface area (TPSA) is 21.3 Å². The van der Waals surface area contributed by atoms with Gasteiger partial charge in [-0.05, 0) is 41.4 Å². The summed E-state index contributed by atoms with van der Waals surface area (Å²) in [7, 11) is 0. The van der Waals surface area contributed by atoms with E-state index in [0.717, 1.165) is 25.6 Å². The summed E-state index contributed by atoms with van der Waals surface area (Å²) in [6.07, 6.45) is 2.90. The predicted molar refractivity (Wildman–Crippen MR) is 77.3 cm³/mol. The van der Waals surface area contributed by atoms with Gasteiger partial charge in [0.05, 0.1) is 12.7 Å². The summed E-state index contributed by atoms with van der Waals surface area (Å²) in [5.74, 6) is 3.36. The summed E-state index contributed by atoms with van der Waals surface area (Å²) >= 11 is 2.09. The number of ether oxygens (including phenoxy) is 1. The van der Waals surface area contributed by atoms with E-state index in [-0.39, 0.29) is 6.10 Å². The quantitative estimate of drug-likeness (QED) is 0.886. The Hall–Kier alpha value is -0.510. The highest BCUT2D eigenvalue weighted by atomic mass is 32.2. The van der Waals surface area contributed by atoms with Gasteiger partial charge in [0.25, 0.3) is 0 Å². The van der Waals surface area contributed by atoms with E-state index < -0.39 is 0 Å². The minimum atomic E-state index is 0.254. The Kier molecular flexibility index (Phi) is 4.24. The van der Waals surface area contributed by atoms with Crippen LogP contribution in [0.2, 0.25) is 0 Å². The highest BCUT2D eigenvalue weighted by Crippen LogP contribution is 2.36. The molecule has 2 heterocycles. The summed E-state index contributed by atoms with van der Waals surface area (Å²) in [6.45, 7) is 2.77. The van der Waals surface area contributed by atoms with Crippen molar-refractivity contribution in [3.8, 4) is 0 Å². The van der Waals surface area contributed by atoms with Crippen molar-refractivity contribution < 1.29 is 4.74 Å². The van der Waals surface area contributed by atoms with Crippen molar-refractivity contribution in [1.29, 1.82) is 0 Å². The molecule has 1 atom stereocenters. The molecule has 3 heteroatoms. The van der Waals surface area contributed by atoms with Gasteiger partial charge in [0.2, 0.25) is 0 Å². The zero-order valence-corrected chi connectivity index (χ0v) is 11.5. The number of hydrogen-bond acceptors (Lipinski definition) is 3. The van der Waals surface area contributed by atoms with Gasteiger partial charge in [0.1, 0.15) is 0 Å². The van der Waals surface area contributed by atoms with Gasteiger partial charge in [-0.3, -0.25) is 0 Å². The van der Waals surface area contributed by atoms with Gasteiger partial charge in [0.15, 0.2) is 0 Å². The minimum absolute atomic E-state index is 0.254. The average Bonchev–Trinajstić information content (AvgIpc) is 2.49. The lowest BCUT2D eigenvalue weighted by Gasteiger charge is -2.29. The predicted octanol–water partition coefficient (Wildman–Crippen LogP) is 2.96. The molecule has 1 aromatic rings. The molecule has 1 N–H and O–H groups in total. The van der Waals surface area contributed by atoms with Crippen LogP contribution in [0.1, 0.15) is 36.0 Å². The number of rotatable bonds is 2. The molecule has 18 heavy (non-hydrogen) atoms. The summed E-state index contributed by atoms with van der Waals surface area (Å²) in [5.41, 5.74) is 2.95. The van der Waals surface area contributed by atoms with Crippen molar-refractivity contribution in [2.75, 3.05) is 31.2 Å². The zero-order chi connectivity index (χ0) is 12.2. The fourth-order valence-corrected chi connectivity index (χ4v) is 4.06. The molecule has 0 amide bonds. The Morgan fingerprint density at radius 3 is 2.61 bits per heavy atom. The van der Waals surface area contributed by atoms with Gasteiger partial charge in [-0.25, -0.2) is 0 Å². The molecule has 0 bridgehead atoms. The van der Waals surface area contributed by atoms with Crippen LogP contribution in [0.25, 0.3) is 0 Å². The van der Waals surface area contributed by atoms with Gasteiger partial charge in [-0.2, -0.15) is 11.8 Å². The number of hydrogen-bond donors (Lipinski definition) is 1. The van der Waals surface area contributed by atoms with Crippen molar-refractivity contribution in [1.82, 2.24) is 5.32 Å². The molecule has 2 nitrogen and oxygen atoms in total. The molecule has 0 saturated carbocycles. The molecule has 2 aliphatic rings. The molecule has 1 unspecified atom stereocenters. The first-order valence-electron chi connectivity index (χ1n) is 6.94. The van der Waals surface area contributed by atoms with Crippen LogP contribution >= 0.6 is 11.8 Å². The maximum absolute atomic E-state index is 5.93. The standard InChI is InChI=1S/C15H21NOS/c1-2-4-14(15-11-16-7-8-17-15)13(3-1)12-5-9-18-10-6-12/h1-4,12,15-16H,5-11H2. The number of thioether (sulfide) groups is 1. The SMILES string of the molecule is c1ccc(C2CNCCO2)c(C2CCSCC2)c1. The maximum atomic E-state index is 5.93. The Morgan fingerprint density at radius 2 is 1.89 bits per heavy atom. The van der Waals surface area contributed by atoms with Crippen LogP contribution in [-0.2, 0) is 4.74 Å². The van der Waals surface area contributed by atoms with Crippen LogP contribution in [0.3, 0.4) is 0 Å². The van der Waals surface area contributed by atoms with Crippen LogP contribution < -0.4 is 5.32 Å². The van der Waals surface area contributed by atoms with Gasteiger partial charge in [0, 0.05) is 13.1 Å². The highest BCUT2D eigenvalue weighted by Gasteiger charge is 2.23. The van der Waals surface area contributed by atoms with Crippen molar-refractivity contribution in [3.63, 3.8) is 0 Å². The second-order valence-electron chi connectivity index (χ2n) is 5.08.